The number of pyridine rings is 1. The van der Waals surface area contributed by atoms with Crippen molar-refractivity contribution < 1.29 is 0 Å². The van der Waals surface area contributed by atoms with Crippen LogP contribution in [-0.2, 0) is 5.88 Å². The smallest absolute Gasteiger partial charge is 0.0726 e. The maximum Gasteiger partial charge on any atom is 0.0726 e. The number of nitrogens with zero attached hydrogens (tertiary/aromatic N) is 3. The first-order valence-electron chi connectivity index (χ1n) is 5.17. The van der Waals surface area contributed by atoms with Crippen LogP contribution in [0.25, 0.3) is 5.69 Å². The molecule has 0 amide bonds. The molecule has 2 aromatic rings. The fourth-order valence-corrected chi connectivity index (χ4v) is 1.95. The van der Waals surface area contributed by atoms with Crippen molar-refractivity contribution in [1.82, 2.24) is 14.8 Å². The molecule has 0 unspecified atom stereocenters. The Morgan fingerprint density at radius 1 is 1.19 bits per heavy atom. The Kier molecular flexibility index (Phi) is 2.97. The van der Waals surface area contributed by atoms with Gasteiger partial charge in [0.1, 0.15) is 0 Å². The Labute approximate surface area is 100 Å². The number of hydrogen-bond acceptors (Lipinski definition) is 2. The largest absolute Gasteiger partial charge is 0.261 e. The summed E-state index contributed by atoms with van der Waals surface area (Å²) in [5, 5.41) is 4.46. The topological polar surface area (TPSA) is 30.7 Å². The van der Waals surface area contributed by atoms with Crippen LogP contribution in [0.1, 0.15) is 22.6 Å². The first-order valence-corrected chi connectivity index (χ1v) is 5.70. The van der Waals surface area contributed by atoms with Gasteiger partial charge in [0.2, 0.25) is 0 Å². The molecule has 0 saturated heterocycles. The average molecular weight is 236 g/mol. The average Bonchev–Trinajstić information content (AvgIpc) is 2.57. The van der Waals surface area contributed by atoms with Gasteiger partial charge >= 0.3 is 0 Å². The van der Waals surface area contributed by atoms with Gasteiger partial charge in [0.15, 0.2) is 0 Å². The van der Waals surface area contributed by atoms with Gasteiger partial charge in [-0.05, 0) is 32.9 Å². The summed E-state index contributed by atoms with van der Waals surface area (Å²) in [5.74, 6) is 0.445. The van der Waals surface area contributed by atoms with Crippen LogP contribution in [0, 0.1) is 20.8 Å². The molecule has 4 heteroatoms. The first-order chi connectivity index (χ1) is 7.61. The standard InChI is InChI=1S/C12H14ClN3/c1-8-5-12(11(6-13)7-14-8)16-10(3)4-9(2)15-16/h4-5,7H,6H2,1-3H3. The molecule has 16 heavy (non-hydrogen) atoms. The summed E-state index contributed by atoms with van der Waals surface area (Å²) in [5.41, 5.74) is 5.10. The van der Waals surface area contributed by atoms with Crippen LogP contribution in [-0.4, -0.2) is 14.8 Å². The number of halogens is 1. The van der Waals surface area contributed by atoms with Gasteiger partial charge < -0.3 is 0 Å². The van der Waals surface area contributed by atoms with Crippen LogP contribution >= 0.6 is 11.6 Å². The van der Waals surface area contributed by atoms with E-state index in [0.29, 0.717) is 5.88 Å². The first kappa shape index (κ1) is 11.1. The van der Waals surface area contributed by atoms with Gasteiger partial charge in [-0.25, -0.2) is 4.68 Å². The molecule has 0 aliphatic rings. The van der Waals surface area contributed by atoms with E-state index >= 15 is 0 Å². The summed E-state index contributed by atoms with van der Waals surface area (Å²) in [6, 6.07) is 4.06. The third-order valence-electron chi connectivity index (χ3n) is 2.48. The Hall–Kier alpha value is -1.35. The quantitative estimate of drug-likeness (QED) is 0.750. The molecule has 0 spiro atoms. The third kappa shape index (κ3) is 1.95. The second-order valence-electron chi connectivity index (χ2n) is 3.93. The van der Waals surface area contributed by atoms with E-state index in [9.17, 15) is 0 Å². The van der Waals surface area contributed by atoms with Crippen molar-refractivity contribution in [3.05, 3.63) is 41.0 Å². The molecule has 0 fully saturated rings. The van der Waals surface area contributed by atoms with Crippen molar-refractivity contribution in [2.45, 2.75) is 26.7 Å². The number of hydrogen-bond donors (Lipinski definition) is 0. The molecule has 3 nitrogen and oxygen atoms in total. The van der Waals surface area contributed by atoms with Gasteiger partial charge in [0, 0.05) is 23.1 Å². The molecule has 2 rings (SSSR count). The van der Waals surface area contributed by atoms with E-state index in [2.05, 4.69) is 10.1 Å². The van der Waals surface area contributed by atoms with Crippen molar-refractivity contribution in [1.29, 1.82) is 0 Å². The highest BCUT2D eigenvalue weighted by Crippen LogP contribution is 2.18. The lowest BCUT2D eigenvalue weighted by Crippen LogP contribution is -2.04. The van der Waals surface area contributed by atoms with Gasteiger partial charge in [-0.1, -0.05) is 0 Å². The van der Waals surface area contributed by atoms with E-state index in [1.807, 2.05) is 43.8 Å². The third-order valence-corrected chi connectivity index (χ3v) is 2.77. The number of aromatic nitrogens is 3. The Morgan fingerprint density at radius 2 is 1.94 bits per heavy atom. The summed E-state index contributed by atoms with van der Waals surface area (Å²) < 4.78 is 1.92. The minimum atomic E-state index is 0.445. The fourth-order valence-electron chi connectivity index (χ4n) is 1.75. The molecule has 0 radical (unpaired) electrons. The maximum atomic E-state index is 5.91. The zero-order valence-electron chi connectivity index (χ0n) is 9.66. The molecule has 2 heterocycles. The van der Waals surface area contributed by atoms with E-state index in [1.165, 1.54) is 0 Å². The lowest BCUT2D eigenvalue weighted by atomic mass is 10.2. The van der Waals surface area contributed by atoms with Crippen LogP contribution in [0.4, 0.5) is 0 Å². The van der Waals surface area contributed by atoms with Crippen molar-refractivity contribution in [3.8, 4) is 5.69 Å². The van der Waals surface area contributed by atoms with Crippen molar-refractivity contribution in [3.63, 3.8) is 0 Å². The van der Waals surface area contributed by atoms with Gasteiger partial charge in [-0.15, -0.1) is 11.6 Å². The van der Waals surface area contributed by atoms with Crippen LogP contribution in [0.2, 0.25) is 0 Å². The molecule has 0 saturated carbocycles. The highest BCUT2D eigenvalue weighted by atomic mass is 35.5. The molecule has 2 aromatic heterocycles. The summed E-state index contributed by atoms with van der Waals surface area (Å²) in [7, 11) is 0. The second-order valence-corrected chi connectivity index (χ2v) is 4.19. The fraction of sp³-hybridized carbons (Fsp3) is 0.333. The predicted molar refractivity (Wildman–Crippen MR) is 65.1 cm³/mol. The summed E-state index contributed by atoms with van der Waals surface area (Å²) in [6.45, 7) is 5.99. The molecule has 84 valence electrons. The zero-order valence-corrected chi connectivity index (χ0v) is 10.4. The van der Waals surface area contributed by atoms with E-state index in [4.69, 9.17) is 11.6 Å². The van der Waals surface area contributed by atoms with Gasteiger partial charge in [0.25, 0.3) is 0 Å². The maximum absolute atomic E-state index is 5.91. The SMILES string of the molecule is Cc1cc(-n2nc(C)cc2C)c(CCl)cn1. The number of aryl methyl sites for hydroxylation is 3. The molecule has 0 aromatic carbocycles. The van der Waals surface area contributed by atoms with Gasteiger partial charge in [0.05, 0.1) is 17.3 Å². The van der Waals surface area contributed by atoms with Crippen molar-refractivity contribution >= 4 is 11.6 Å². The molecular formula is C12H14ClN3. The monoisotopic (exact) mass is 235 g/mol. The highest BCUT2D eigenvalue weighted by molar-refractivity contribution is 6.17. The molecule has 0 atom stereocenters. The second kappa shape index (κ2) is 4.26. The summed E-state index contributed by atoms with van der Waals surface area (Å²) in [4.78, 5) is 4.25. The van der Waals surface area contributed by atoms with Crippen LogP contribution in [0.15, 0.2) is 18.3 Å². The molecular weight excluding hydrogens is 222 g/mol. The van der Waals surface area contributed by atoms with Crippen LogP contribution in [0.3, 0.4) is 0 Å². The molecule has 0 aliphatic heterocycles. The van der Waals surface area contributed by atoms with E-state index < -0.39 is 0 Å². The van der Waals surface area contributed by atoms with E-state index in [1.54, 1.807) is 0 Å². The van der Waals surface area contributed by atoms with Gasteiger partial charge in [-0.3, -0.25) is 4.98 Å². The van der Waals surface area contributed by atoms with Gasteiger partial charge in [-0.2, -0.15) is 5.10 Å². The molecule has 0 bridgehead atoms. The normalized spacial score (nSPS) is 10.8. The van der Waals surface area contributed by atoms with E-state index in [0.717, 1.165) is 28.3 Å². The lowest BCUT2D eigenvalue weighted by molar-refractivity contribution is 0.821. The molecule has 0 N–H and O–H groups in total. The van der Waals surface area contributed by atoms with Crippen LogP contribution in [0.5, 0.6) is 0 Å². The van der Waals surface area contributed by atoms with Crippen molar-refractivity contribution in [2.75, 3.05) is 0 Å². The summed E-state index contributed by atoms with van der Waals surface area (Å²) in [6.07, 6.45) is 1.81. The minimum Gasteiger partial charge on any atom is -0.261 e. The predicted octanol–water partition coefficient (Wildman–Crippen LogP) is 2.93. The highest BCUT2D eigenvalue weighted by Gasteiger charge is 2.09. The summed E-state index contributed by atoms with van der Waals surface area (Å²) >= 11 is 5.91. The Balaban J connectivity index is 2.62. The number of alkyl halides is 1. The Morgan fingerprint density at radius 3 is 2.50 bits per heavy atom. The number of rotatable bonds is 2. The lowest BCUT2D eigenvalue weighted by Gasteiger charge is -2.09. The van der Waals surface area contributed by atoms with Crippen molar-refractivity contribution in [2.24, 2.45) is 0 Å². The Bertz CT molecular complexity index is 517. The van der Waals surface area contributed by atoms with E-state index in [-0.39, 0.29) is 0 Å². The zero-order chi connectivity index (χ0) is 11.7. The minimum absolute atomic E-state index is 0.445. The molecule has 0 aliphatic carbocycles. The van der Waals surface area contributed by atoms with Crippen LogP contribution < -0.4 is 0 Å².